The van der Waals surface area contributed by atoms with E-state index in [0.29, 0.717) is 23.2 Å². The molecule has 34 heavy (non-hydrogen) atoms. The normalized spacial score (nSPS) is 15.3. The van der Waals surface area contributed by atoms with Gasteiger partial charge in [-0.15, -0.1) is 0 Å². The summed E-state index contributed by atoms with van der Waals surface area (Å²) in [6.45, 7) is 5.77. The van der Waals surface area contributed by atoms with Crippen LogP contribution in [0.1, 0.15) is 58.4 Å². The number of rotatable bonds is 12. The number of nitrogens with one attached hydrogen (secondary N) is 2. The van der Waals surface area contributed by atoms with Gasteiger partial charge in [-0.2, -0.15) is 11.8 Å². The zero-order chi connectivity index (χ0) is 25.0. The molecule has 0 spiro atoms. The first-order valence-corrected chi connectivity index (χ1v) is 13.0. The number of benzene rings is 1. The van der Waals surface area contributed by atoms with Gasteiger partial charge in [0.15, 0.2) is 18.3 Å². The van der Waals surface area contributed by atoms with Crippen molar-refractivity contribution in [1.29, 1.82) is 0 Å². The Kier molecular flexibility index (Phi) is 11.8. The van der Waals surface area contributed by atoms with Crippen molar-refractivity contribution in [3.63, 3.8) is 0 Å². The molecule has 9 heteroatoms. The van der Waals surface area contributed by atoms with Gasteiger partial charge >= 0.3 is 6.09 Å². The average Bonchev–Trinajstić information content (AvgIpc) is 2.80. The Morgan fingerprint density at radius 1 is 1.12 bits per heavy atom. The predicted octanol–water partition coefficient (Wildman–Crippen LogP) is 4.50. The molecule has 2 amide bonds. The quantitative estimate of drug-likeness (QED) is 0.411. The summed E-state index contributed by atoms with van der Waals surface area (Å²) in [6.07, 6.45) is 5.77. The Labute approximate surface area is 207 Å². The second-order valence-corrected chi connectivity index (χ2v) is 10.6. The minimum absolute atomic E-state index is 0.0896. The lowest BCUT2D eigenvalue weighted by atomic mass is 9.91. The molecule has 1 atom stereocenters. The molecule has 1 aliphatic rings. The Hall–Kier alpha value is -2.13. The maximum Gasteiger partial charge on any atom is 0.408 e. The fourth-order valence-electron chi connectivity index (χ4n) is 3.72. The molecule has 8 nitrogen and oxygen atoms in total. The molecule has 0 heterocycles. The van der Waals surface area contributed by atoms with Gasteiger partial charge in [-0.1, -0.05) is 25.3 Å². The number of carbonyl (C=O) groups is 2. The highest BCUT2D eigenvalue weighted by Crippen LogP contribution is 2.28. The van der Waals surface area contributed by atoms with Gasteiger partial charge in [-0.25, -0.2) is 4.79 Å². The SMILES string of the molecule is COCOc1cc(CNC(=O)C(CSCC2CCCCC2)NC(=O)OC(C)(C)C)ccc1OC. The number of amides is 2. The number of methoxy groups -OCH3 is 2. The molecule has 0 aromatic heterocycles. The second kappa shape index (κ2) is 14.3. The molecule has 192 valence electrons. The minimum Gasteiger partial charge on any atom is -0.493 e. The molecule has 0 radical (unpaired) electrons. The molecule has 2 rings (SSSR count). The van der Waals surface area contributed by atoms with E-state index in [1.165, 1.54) is 32.1 Å². The summed E-state index contributed by atoms with van der Waals surface area (Å²) in [7, 11) is 3.11. The standard InChI is InChI=1S/C25H40N2O6S/c1-25(2,3)33-24(29)27-20(16-34-15-18-9-7-6-8-10-18)23(28)26-14-19-11-12-21(31-5)22(13-19)32-17-30-4/h11-13,18,20H,6-10,14-17H2,1-5H3,(H,26,28)(H,27,29). The predicted molar refractivity (Wildman–Crippen MR) is 134 cm³/mol. The van der Waals surface area contributed by atoms with Gasteiger partial charge in [0, 0.05) is 19.4 Å². The van der Waals surface area contributed by atoms with Crippen molar-refractivity contribution in [2.24, 2.45) is 5.92 Å². The zero-order valence-electron chi connectivity index (χ0n) is 21.1. The zero-order valence-corrected chi connectivity index (χ0v) is 21.9. The maximum atomic E-state index is 13.0. The lowest BCUT2D eigenvalue weighted by molar-refractivity contribution is -0.122. The Balaban J connectivity index is 1.97. The third-order valence-electron chi connectivity index (χ3n) is 5.40. The Morgan fingerprint density at radius 2 is 1.85 bits per heavy atom. The molecule has 0 bridgehead atoms. The number of ether oxygens (including phenoxy) is 4. The molecule has 0 aliphatic heterocycles. The second-order valence-electron chi connectivity index (χ2n) is 9.49. The fraction of sp³-hybridized carbons (Fsp3) is 0.680. The monoisotopic (exact) mass is 496 g/mol. The molecular weight excluding hydrogens is 456 g/mol. The van der Waals surface area contributed by atoms with E-state index in [1.54, 1.807) is 58.9 Å². The Bertz CT molecular complexity index is 777. The molecule has 1 aromatic rings. The van der Waals surface area contributed by atoms with Crippen molar-refractivity contribution in [2.45, 2.75) is 71.1 Å². The van der Waals surface area contributed by atoms with Gasteiger partial charge in [0.2, 0.25) is 5.91 Å². The van der Waals surface area contributed by atoms with Gasteiger partial charge in [-0.05, 0) is 63.0 Å². The summed E-state index contributed by atoms with van der Waals surface area (Å²) in [4.78, 5) is 25.4. The van der Waals surface area contributed by atoms with Crippen LogP contribution in [0.2, 0.25) is 0 Å². The van der Waals surface area contributed by atoms with Gasteiger partial charge in [-0.3, -0.25) is 4.79 Å². The topological polar surface area (TPSA) is 95.1 Å². The van der Waals surface area contributed by atoms with E-state index < -0.39 is 17.7 Å². The largest absolute Gasteiger partial charge is 0.493 e. The number of alkyl carbamates (subject to hydrolysis) is 1. The summed E-state index contributed by atoms with van der Waals surface area (Å²) in [5.74, 6) is 3.04. The molecule has 0 saturated heterocycles. The number of carbonyl (C=O) groups excluding carboxylic acids is 2. The highest BCUT2D eigenvalue weighted by molar-refractivity contribution is 7.99. The molecular formula is C25H40N2O6S. The van der Waals surface area contributed by atoms with Crippen LogP contribution in [0, 0.1) is 5.92 Å². The van der Waals surface area contributed by atoms with E-state index in [4.69, 9.17) is 18.9 Å². The third-order valence-corrected chi connectivity index (χ3v) is 6.67. The summed E-state index contributed by atoms with van der Waals surface area (Å²) >= 11 is 1.71. The van der Waals surface area contributed by atoms with Crippen molar-refractivity contribution in [2.75, 3.05) is 32.5 Å². The number of hydrogen-bond donors (Lipinski definition) is 2. The van der Waals surface area contributed by atoms with Crippen molar-refractivity contribution < 1.29 is 28.5 Å². The van der Waals surface area contributed by atoms with Crippen molar-refractivity contribution in [3.05, 3.63) is 23.8 Å². The molecule has 1 saturated carbocycles. The fourth-order valence-corrected chi connectivity index (χ4v) is 4.99. The van der Waals surface area contributed by atoms with Gasteiger partial charge in [0.25, 0.3) is 0 Å². The van der Waals surface area contributed by atoms with Crippen LogP contribution in [0.4, 0.5) is 4.79 Å². The minimum atomic E-state index is -0.689. The number of hydrogen-bond acceptors (Lipinski definition) is 7. The van der Waals surface area contributed by atoms with Gasteiger partial charge in [0.1, 0.15) is 11.6 Å². The molecule has 1 fully saturated rings. The van der Waals surface area contributed by atoms with Crippen LogP contribution in [0.5, 0.6) is 11.5 Å². The maximum absolute atomic E-state index is 13.0. The van der Waals surface area contributed by atoms with E-state index in [1.807, 2.05) is 6.07 Å². The summed E-state index contributed by atoms with van der Waals surface area (Å²) in [6, 6.07) is 4.74. The number of thioether (sulfide) groups is 1. The summed E-state index contributed by atoms with van der Waals surface area (Å²) in [5, 5.41) is 5.68. The molecule has 2 N–H and O–H groups in total. The highest BCUT2D eigenvalue weighted by atomic mass is 32.2. The third kappa shape index (κ3) is 10.4. The van der Waals surface area contributed by atoms with Crippen LogP contribution in [0.25, 0.3) is 0 Å². The Morgan fingerprint density at radius 3 is 2.50 bits per heavy atom. The van der Waals surface area contributed by atoms with E-state index >= 15 is 0 Å². The van der Waals surface area contributed by atoms with Crippen LogP contribution in [0.3, 0.4) is 0 Å². The first-order chi connectivity index (χ1) is 16.2. The van der Waals surface area contributed by atoms with Crippen molar-refractivity contribution >= 4 is 23.8 Å². The van der Waals surface area contributed by atoms with Crippen molar-refractivity contribution in [1.82, 2.24) is 10.6 Å². The summed E-state index contributed by atoms with van der Waals surface area (Å²) < 4.78 is 21.2. The van der Waals surface area contributed by atoms with E-state index in [2.05, 4.69) is 10.6 Å². The van der Waals surface area contributed by atoms with Crippen LogP contribution < -0.4 is 20.1 Å². The smallest absolute Gasteiger partial charge is 0.408 e. The van der Waals surface area contributed by atoms with E-state index in [0.717, 1.165) is 11.3 Å². The van der Waals surface area contributed by atoms with Crippen LogP contribution in [-0.4, -0.2) is 56.2 Å². The average molecular weight is 497 g/mol. The van der Waals surface area contributed by atoms with E-state index in [-0.39, 0.29) is 19.2 Å². The molecule has 1 aliphatic carbocycles. The first-order valence-electron chi connectivity index (χ1n) is 11.9. The highest BCUT2D eigenvalue weighted by Gasteiger charge is 2.25. The summed E-state index contributed by atoms with van der Waals surface area (Å²) in [5.41, 5.74) is 0.202. The van der Waals surface area contributed by atoms with Gasteiger partial charge < -0.3 is 29.6 Å². The molecule has 1 unspecified atom stereocenters. The van der Waals surface area contributed by atoms with Crippen molar-refractivity contribution in [3.8, 4) is 11.5 Å². The lowest BCUT2D eigenvalue weighted by Gasteiger charge is -2.24. The van der Waals surface area contributed by atoms with Crippen LogP contribution in [-0.2, 0) is 20.8 Å². The van der Waals surface area contributed by atoms with E-state index in [9.17, 15) is 9.59 Å². The molecule has 1 aromatic carbocycles. The first kappa shape index (κ1) is 28.1. The van der Waals surface area contributed by atoms with Gasteiger partial charge in [0.05, 0.1) is 7.11 Å². The lowest BCUT2D eigenvalue weighted by Crippen LogP contribution is -2.49. The van der Waals surface area contributed by atoms with Crippen LogP contribution in [0.15, 0.2) is 18.2 Å². The van der Waals surface area contributed by atoms with Crippen LogP contribution >= 0.6 is 11.8 Å².